The van der Waals surface area contributed by atoms with E-state index in [2.05, 4.69) is 0 Å². The number of aliphatic hydroxyl groups excluding tert-OH is 2. The van der Waals surface area contributed by atoms with Crippen molar-refractivity contribution >= 4 is 24.1 Å². The first-order valence-electron chi connectivity index (χ1n) is 6.40. The summed E-state index contributed by atoms with van der Waals surface area (Å²) in [7, 11) is 2.00. The molecule has 0 spiro atoms. The minimum atomic E-state index is -0.216. The van der Waals surface area contributed by atoms with Crippen LogP contribution in [0, 0.1) is 0 Å². The van der Waals surface area contributed by atoms with E-state index in [1.807, 2.05) is 0 Å². The van der Waals surface area contributed by atoms with Crippen molar-refractivity contribution in [3.8, 4) is 0 Å². The number of ether oxygens (including phenoxy) is 2. The van der Waals surface area contributed by atoms with Crippen LogP contribution in [0.1, 0.15) is 26.7 Å². The first-order valence-corrected chi connectivity index (χ1v) is 6.40. The van der Waals surface area contributed by atoms with E-state index in [0.717, 1.165) is 14.2 Å². The summed E-state index contributed by atoms with van der Waals surface area (Å²) in [5.74, 6) is -0.432. The Labute approximate surface area is 152 Å². The molecule has 0 amide bonds. The van der Waals surface area contributed by atoms with Crippen molar-refractivity contribution in [2.75, 3.05) is 40.6 Å². The van der Waals surface area contributed by atoms with E-state index in [0.29, 0.717) is 13.2 Å². The van der Waals surface area contributed by atoms with Gasteiger partial charge < -0.3 is 29.3 Å². The Hall–Kier alpha value is -0.766. The fraction of sp³-hybridized carbons (Fsp3) is 0.714. The fourth-order valence-electron chi connectivity index (χ4n) is 0.695. The molecule has 134 valence electrons. The van der Waals surface area contributed by atoms with E-state index in [1.54, 1.807) is 13.8 Å². The molecule has 0 heterocycles. The largest absolute Gasteiger partial charge is 2.00 e. The Morgan fingerprint density at radius 2 is 1.04 bits per heavy atom. The zero-order valence-electron chi connectivity index (χ0n) is 14.1. The van der Waals surface area contributed by atoms with Crippen LogP contribution in [0.15, 0.2) is 0 Å². The molecule has 0 saturated heterocycles. The van der Waals surface area contributed by atoms with Crippen LogP contribution in [0.25, 0.3) is 0 Å². The second-order valence-corrected chi connectivity index (χ2v) is 2.99. The molecule has 8 nitrogen and oxygen atoms in total. The second kappa shape index (κ2) is 37.5. The predicted octanol–water partition coefficient (Wildman–Crippen LogP) is -0.602. The molecule has 0 aromatic rings. The van der Waals surface area contributed by atoms with Gasteiger partial charge in [0.15, 0.2) is 0 Å². The van der Waals surface area contributed by atoms with Crippen molar-refractivity contribution in [2.24, 2.45) is 0 Å². The topological polar surface area (TPSA) is 127 Å². The van der Waals surface area contributed by atoms with Crippen molar-refractivity contribution in [3.63, 3.8) is 0 Å². The molecule has 0 aliphatic rings. The Bertz CT molecular complexity index is 233. The average molecular weight is 370 g/mol. The van der Waals surface area contributed by atoms with Crippen LogP contribution in [-0.2, 0) is 50.4 Å². The fourth-order valence-corrected chi connectivity index (χ4v) is 0.695. The van der Waals surface area contributed by atoms with Crippen LogP contribution < -0.4 is 0 Å². The van der Waals surface area contributed by atoms with Crippen molar-refractivity contribution in [2.45, 2.75) is 26.7 Å². The molecule has 0 aromatic heterocycles. The molecule has 0 fully saturated rings. The van der Waals surface area contributed by atoms with E-state index in [-0.39, 0.29) is 59.3 Å². The van der Waals surface area contributed by atoms with E-state index in [1.165, 1.54) is 12.6 Å². The van der Waals surface area contributed by atoms with Crippen molar-refractivity contribution in [1.29, 1.82) is 0 Å². The standard InChI is InChI=1S/2C6H9O3.2CH4O.Ti/c2*1-2-9-5-6(8)3-4-7;2*1-2;/h2*2-3,5H2,1H3;2*2H,1H3;/q2*-1;;;+2. The average Bonchev–Trinajstić information content (AvgIpc) is 2.56. The van der Waals surface area contributed by atoms with Gasteiger partial charge in [-0.25, -0.2) is 0 Å². The van der Waals surface area contributed by atoms with E-state index >= 15 is 0 Å². The zero-order valence-corrected chi connectivity index (χ0v) is 15.6. The van der Waals surface area contributed by atoms with Crippen LogP contribution >= 0.6 is 0 Å². The Kier molecular flexibility index (Phi) is 55.0. The molecular formula is C14H26O8Ti. The van der Waals surface area contributed by atoms with Gasteiger partial charge in [0.2, 0.25) is 0 Å². The number of carbonyl (C=O) groups is 2. The molecule has 0 saturated carbocycles. The number of rotatable bonds is 10. The van der Waals surface area contributed by atoms with Gasteiger partial charge in [-0.2, -0.15) is 0 Å². The molecule has 0 aliphatic heterocycles. The van der Waals surface area contributed by atoms with Crippen LogP contribution in [-0.4, -0.2) is 75.0 Å². The summed E-state index contributed by atoms with van der Waals surface area (Å²) in [5, 5.41) is 14.0. The zero-order chi connectivity index (χ0) is 18.2. The second-order valence-electron chi connectivity index (χ2n) is 2.99. The smallest absolute Gasteiger partial charge is 0.541 e. The molecule has 2 N–H and O–H groups in total. The Balaban J connectivity index is -0.0000000743. The van der Waals surface area contributed by atoms with Crippen molar-refractivity contribution < 1.29 is 60.6 Å². The van der Waals surface area contributed by atoms with Gasteiger partial charge in [0.05, 0.1) is 0 Å². The van der Waals surface area contributed by atoms with E-state index in [9.17, 15) is 19.2 Å². The van der Waals surface area contributed by atoms with Gasteiger partial charge in [-0.05, 0) is 13.8 Å². The van der Waals surface area contributed by atoms with Gasteiger partial charge in [-0.1, -0.05) is 12.8 Å². The van der Waals surface area contributed by atoms with E-state index < -0.39 is 0 Å². The predicted molar refractivity (Wildman–Crippen MR) is 79.9 cm³/mol. The molecule has 9 heteroatoms. The normalized spacial score (nSPS) is 7.57. The summed E-state index contributed by atoms with van der Waals surface area (Å²) in [4.78, 5) is 40.0. The molecule has 0 radical (unpaired) electrons. The van der Waals surface area contributed by atoms with Gasteiger partial charge in [0.1, 0.15) is 24.8 Å². The number of carbonyl (C=O) groups excluding carboxylic acids is 4. The summed E-state index contributed by atoms with van der Waals surface area (Å²) in [5.41, 5.74) is 0. The maximum atomic E-state index is 10.4. The maximum absolute atomic E-state index is 10.4. The summed E-state index contributed by atoms with van der Waals surface area (Å²) in [6.07, 6.45) is 2.69. The van der Waals surface area contributed by atoms with Gasteiger partial charge in [0, 0.05) is 27.4 Å². The monoisotopic (exact) mass is 370 g/mol. The third-order valence-electron chi connectivity index (χ3n) is 1.47. The van der Waals surface area contributed by atoms with E-state index in [4.69, 9.17) is 19.7 Å². The number of ketones is 2. The molecule has 0 atom stereocenters. The quantitative estimate of drug-likeness (QED) is 0.296. The van der Waals surface area contributed by atoms with Gasteiger partial charge >= 0.3 is 21.7 Å². The van der Waals surface area contributed by atoms with Gasteiger partial charge in [-0.3, -0.25) is 22.2 Å². The third kappa shape index (κ3) is 44.9. The van der Waals surface area contributed by atoms with Gasteiger partial charge in [-0.15, -0.1) is 0 Å². The molecule has 0 bridgehead atoms. The number of hydrogen-bond donors (Lipinski definition) is 2. The van der Waals surface area contributed by atoms with Gasteiger partial charge in [0.25, 0.3) is 0 Å². The Morgan fingerprint density at radius 3 is 1.22 bits per heavy atom. The van der Waals surface area contributed by atoms with Crippen molar-refractivity contribution in [3.05, 3.63) is 0 Å². The van der Waals surface area contributed by atoms with Crippen LogP contribution in [0.5, 0.6) is 0 Å². The maximum Gasteiger partial charge on any atom is 2.00 e. The minimum absolute atomic E-state index is 0. The first-order chi connectivity index (χ1) is 10.6. The number of aliphatic hydroxyl groups is 2. The van der Waals surface area contributed by atoms with Crippen LogP contribution in [0.3, 0.4) is 0 Å². The molecule has 23 heavy (non-hydrogen) atoms. The third-order valence-corrected chi connectivity index (χ3v) is 1.47. The summed E-state index contributed by atoms with van der Waals surface area (Å²) in [6, 6.07) is 0. The molecule has 0 aromatic carbocycles. The van der Waals surface area contributed by atoms with Crippen LogP contribution in [0.4, 0.5) is 0 Å². The van der Waals surface area contributed by atoms with Crippen molar-refractivity contribution in [1.82, 2.24) is 0 Å². The van der Waals surface area contributed by atoms with Crippen LogP contribution in [0.2, 0.25) is 0 Å². The molecular weight excluding hydrogens is 344 g/mol. The Morgan fingerprint density at radius 1 is 0.783 bits per heavy atom. The number of hydrogen-bond acceptors (Lipinski definition) is 8. The molecule has 0 rings (SSSR count). The minimum Gasteiger partial charge on any atom is -0.541 e. The first kappa shape index (κ1) is 33.8. The molecule has 0 aliphatic carbocycles. The number of Topliss-reactive ketones (excluding diaryl/α,β-unsaturated/α-hetero) is 2. The summed E-state index contributed by atoms with van der Waals surface area (Å²) >= 11 is 0. The molecule has 0 unspecified atom stereocenters. The SMILES string of the molecule is CCOCC(=O)C[C-]=O.CCOCC(=O)C[C-]=O.CO.CO.[Ti+2]. The summed E-state index contributed by atoms with van der Waals surface area (Å²) < 4.78 is 9.44. The summed E-state index contributed by atoms with van der Waals surface area (Å²) in [6.45, 7) is 4.66.